The molecule has 1 aliphatic carbocycles. The van der Waals surface area contributed by atoms with Crippen molar-refractivity contribution >= 4 is 11.8 Å². The molecule has 0 saturated heterocycles. The summed E-state index contributed by atoms with van der Waals surface area (Å²) in [5.74, 6) is -0.0928. The molecule has 1 heterocycles. The van der Waals surface area contributed by atoms with Gasteiger partial charge >= 0.3 is 5.97 Å². The standard InChI is InChI=1S/C14H21N3O2/c1-2-3-7-12(14(18)19)17-13-10-6-4-5-8-11(10)15-9-16-13/h9,12H,2-8H2,1H3,(H,18,19)(H,15,16,17). The molecule has 1 aromatic rings. The third kappa shape index (κ3) is 3.43. The van der Waals surface area contributed by atoms with Gasteiger partial charge in [0, 0.05) is 11.3 Å². The average molecular weight is 263 g/mol. The van der Waals surface area contributed by atoms with Gasteiger partial charge in [0.05, 0.1) is 0 Å². The third-order valence-corrected chi connectivity index (χ3v) is 3.58. The molecular formula is C14H21N3O2. The number of aromatic nitrogens is 2. The first-order valence-corrected chi connectivity index (χ1v) is 7.04. The topological polar surface area (TPSA) is 75.1 Å². The number of anilines is 1. The van der Waals surface area contributed by atoms with Crippen molar-refractivity contribution in [1.29, 1.82) is 0 Å². The molecule has 1 atom stereocenters. The first-order chi connectivity index (χ1) is 9.22. The van der Waals surface area contributed by atoms with Crippen molar-refractivity contribution < 1.29 is 9.90 Å². The van der Waals surface area contributed by atoms with Gasteiger partial charge in [0.15, 0.2) is 0 Å². The highest BCUT2D eigenvalue weighted by atomic mass is 16.4. The smallest absolute Gasteiger partial charge is 0.326 e. The SMILES string of the molecule is CCCCC(Nc1ncnc2c1CCCC2)C(=O)O. The zero-order chi connectivity index (χ0) is 13.7. The number of nitrogens with one attached hydrogen (secondary N) is 1. The molecule has 0 aromatic carbocycles. The van der Waals surface area contributed by atoms with E-state index in [4.69, 9.17) is 0 Å². The van der Waals surface area contributed by atoms with Gasteiger partial charge in [-0.1, -0.05) is 19.8 Å². The molecule has 0 spiro atoms. The number of nitrogens with zero attached hydrogens (tertiary/aromatic N) is 2. The summed E-state index contributed by atoms with van der Waals surface area (Å²) < 4.78 is 0. The molecule has 2 rings (SSSR count). The molecule has 2 N–H and O–H groups in total. The molecule has 1 aliphatic rings. The van der Waals surface area contributed by atoms with E-state index >= 15 is 0 Å². The van der Waals surface area contributed by atoms with Gasteiger partial charge in [0.2, 0.25) is 0 Å². The van der Waals surface area contributed by atoms with Crippen LogP contribution in [0.2, 0.25) is 0 Å². The number of carboxylic acid groups (broad SMARTS) is 1. The Labute approximate surface area is 113 Å². The molecule has 1 unspecified atom stereocenters. The fourth-order valence-corrected chi connectivity index (χ4v) is 2.48. The summed E-state index contributed by atoms with van der Waals surface area (Å²) in [5.41, 5.74) is 2.18. The monoisotopic (exact) mass is 263 g/mol. The van der Waals surface area contributed by atoms with Crippen molar-refractivity contribution in [3.63, 3.8) is 0 Å². The maximum Gasteiger partial charge on any atom is 0.326 e. The van der Waals surface area contributed by atoms with E-state index in [1.165, 1.54) is 6.33 Å². The lowest BCUT2D eigenvalue weighted by atomic mass is 9.96. The fourth-order valence-electron chi connectivity index (χ4n) is 2.48. The molecule has 0 saturated carbocycles. The lowest BCUT2D eigenvalue weighted by molar-refractivity contribution is -0.138. The third-order valence-electron chi connectivity index (χ3n) is 3.58. The molecule has 0 radical (unpaired) electrons. The van der Waals surface area contributed by atoms with Crippen LogP contribution in [0.15, 0.2) is 6.33 Å². The van der Waals surface area contributed by atoms with Crippen LogP contribution in [-0.4, -0.2) is 27.1 Å². The van der Waals surface area contributed by atoms with Crippen LogP contribution in [0.5, 0.6) is 0 Å². The Bertz CT molecular complexity index is 448. The summed E-state index contributed by atoms with van der Waals surface area (Å²) in [6.07, 6.45) is 8.25. The van der Waals surface area contributed by atoms with Gasteiger partial charge in [0.25, 0.3) is 0 Å². The Morgan fingerprint density at radius 1 is 1.42 bits per heavy atom. The highest BCUT2D eigenvalue weighted by Gasteiger charge is 2.21. The van der Waals surface area contributed by atoms with Crippen LogP contribution in [0.25, 0.3) is 0 Å². The van der Waals surface area contributed by atoms with Gasteiger partial charge < -0.3 is 10.4 Å². The van der Waals surface area contributed by atoms with E-state index in [2.05, 4.69) is 22.2 Å². The Morgan fingerprint density at radius 3 is 2.95 bits per heavy atom. The van der Waals surface area contributed by atoms with Crippen molar-refractivity contribution in [1.82, 2.24) is 9.97 Å². The number of hydrogen-bond donors (Lipinski definition) is 2. The quantitative estimate of drug-likeness (QED) is 0.824. The van der Waals surface area contributed by atoms with Crippen LogP contribution < -0.4 is 5.32 Å². The second-order valence-electron chi connectivity index (χ2n) is 5.03. The van der Waals surface area contributed by atoms with Gasteiger partial charge in [-0.05, 0) is 32.1 Å². The van der Waals surface area contributed by atoms with Crippen LogP contribution in [0.4, 0.5) is 5.82 Å². The predicted molar refractivity (Wildman–Crippen MR) is 73.2 cm³/mol. The van der Waals surface area contributed by atoms with Crippen molar-refractivity contribution in [3.05, 3.63) is 17.6 Å². The summed E-state index contributed by atoms with van der Waals surface area (Å²) in [6.45, 7) is 2.06. The molecule has 0 aliphatic heterocycles. The summed E-state index contributed by atoms with van der Waals surface area (Å²) in [6, 6.07) is -0.555. The molecule has 0 fully saturated rings. The van der Waals surface area contributed by atoms with E-state index in [-0.39, 0.29) is 0 Å². The van der Waals surface area contributed by atoms with E-state index < -0.39 is 12.0 Å². The Balaban J connectivity index is 2.14. The van der Waals surface area contributed by atoms with Crippen LogP contribution in [0, 0.1) is 0 Å². The second-order valence-corrected chi connectivity index (χ2v) is 5.03. The van der Waals surface area contributed by atoms with Crippen molar-refractivity contribution in [2.75, 3.05) is 5.32 Å². The number of fused-ring (bicyclic) bond motifs is 1. The first-order valence-electron chi connectivity index (χ1n) is 7.04. The normalized spacial score (nSPS) is 15.6. The van der Waals surface area contributed by atoms with E-state index in [1.54, 1.807) is 0 Å². The van der Waals surface area contributed by atoms with E-state index in [1.807, 2.05) is 0 Å². The number of rotatable bonds is 6. The van der Waals surface area contributed by atoms with Gasteiger partial charge in [0.1, 0.15) is 18.2 Å². The molecule has 5 heteroatoms. The Kier molecular flexibility index (Phi) is 4.71. The van der Waals surface area contributed by atoms with E-state index in [9.17, 15) is 9.90 Å². The second kappa shape index (κ2) is 6.50. The predicted octanol–water partition coefficient (Wildman–Crippen LogP) is 2.41. The lowest BCUT2D eigenvalue weighted by Crippen LogP contribution is -2.30. The number of carboxylic acids is 1. The van der Waals surface area contributed by atoms with Gasteiger partial charge in [-0.15, -0.1) is 0 Å². The number of aryl methyl sites for hydroxylation is 1. The van der Waals surface area contributed by atoms with Crippen LogP contribution in [0.3, 0.4) is 0 Å². The van der Waals surface area contributed by atoms with E-state index in [0.717, 1.165) is 49.8 Å². The minimum Gasteiger partial charge on any atom is -0.480 e. The summed E-state index contributed by atoms with van der Waals surface area (Å²) >= 11 is 0. The van der Waals surface area contributed by atoms with Crippen molar-refractivity contribution in [2.24, 2.45) is 0 Å². The first kappa shape index (κ1) is 13.8. The van der Waals surface area contributed by atoms with Gasteiger partial charge in [-0.3, -0.25) is 0 Å². The molecule has 5 nitrogen and oxygen atoms in total. The zero-order valence-corrected chi connectivity index (χ0v) is 11.4. The average Bonchev–Trinajstić information content (AvgIpc) is 2.43. The van der Waals surface area contributed by atoms with Crippen molar-refractivity contribution in [2.45, 2.75) is 57.9 Å². The Hall–Kier alpha value is -1.65. The highest BCUT2D eigenvalue weighted by Crippen LogP contribution is 2.25. The largest absolute Gasteiger partial charge is 0.480 e. The van der Waals surface area contributed by atoms with Crippen LogP contribution in [-0.2, 0) is 17.6 Å². The zero-order valence-electron chi connectivity index (χ0n) is 11.4. The van der Waals surface area contributed by atoms with E-state index in [0.29, 0.717) is 12.2 Å². The number of carbonyl (C=O) groups is 1. The molecule has 1 aromatic heterocycles. The number of unbranched alkanes of at least 4 members (excludes halogenated alkanes) is 1. The number of aliphatic carboxylic acids is 1. The summed E-state index contributed by atoms with van der Waals surface area (Å²) in [7, 11) is 0. The lowest BCUT2D eigenvalue weighted by Gasteiger charge is -2.21. The van der Waals surface area contributed by atoms with Crippen molar-refractivity contribution in [3.8, 4) is 0 Å². The molecule has 104 valence electrons. The van der Waals surface area contributed by atoms with Crippen LogP contribution >= 0.6 is 0 Å². The van der Waals surface area contributed by atoms with Gasteiger partial charge in [-0.2, -0.15) is 0 Å². The summed E-state index contributed by atoms with van der Waals surface area (Å²) in [4.78, 5) is 19.8. The molecule has 19 heavy (non-hydrogen) atoms. The van der Waals surface area contributed by atoms with Crippen LogP contribution in [0.1, 0.15) is 50.3 Å². The molecular weight excluding hydrogens is 242 g/mol. The maximum atomic E-state index is 11.3. The van der Waals surface area contributed by atoms with Gasteiger partial charge in [-0.25, -0.2) is 14.8 Å². The minimum atomic E-state index is -0.809. The highest BCUT2D eigenvalue weighted by molar-refractivity contribution is 5.77. The molecule has 0 amide bonds. The fraction of sp³-hybridized carbons (Fsp3) is 0.643. The summed E-state index contributed by atoms with van der Waals surface area (Å²) in [5, 5.41) is 12.4. The molecule has 0 bridgehead atoms. The maximum absolute atomic E-state index is 11.3. The minimum absolute atomic E-state index is 0.555. The Morgan fingerprint density at radius 2 is 2.21 bits per heavy atom. The number of hydrogen-bond acceptors (Lipinski definition) is 4.